The number of piperazine rings is 1. The smallest absolute Gasteiger partial charge is 0.410 e. The van der Waals surface area contributed by atoms with Gasteiger partial charge in [-0.3, -0.25) is 14.6 Å². The fraction of sp³-hybridized carbons (Fsp3) is 0.448. The third-order valence-electron chi connectivity index (χ3n) is 7.26. The molecule has 9 heteroatoms. The standard InChI is InChI=1S/C29H36N4O4S/c1-30(2)29(35)37-21-33-26-20-23(10-8-22(26)9-11-28(33)34)36-18-4-3-13-31-14-16-32(17-15-31)25-6-5-7-27-24(25)12-19-38-27/h5-8,10,12,19-20H,3-4,9,11,13-18,21H2,1-2H3. The molecule has 0 saturated carbocycles. The lowest BCUT2D eigenvalue weighted by Gasteiger charge is -2.36. The van der Waals surface area contributed by atoms with Gasteiger partial charge in [0.25, 0.3) is 0 Å². The molecule has 1 saturated heterocycles. The Kier molecular flexibility index (Phi) is 8.34. The molecule has 0 radical (unpaired) electrons. The van der Waals surface area contributed by atoms with E-state index in [0.29, 0.717) is 19.4 Å². The first-order valence-corrected chi connectivity index (χ1v) is 14.2. The summed E-state index contributed by atoms with van der Waals surface area (Å²) in [6, 6.07) is 14.7. The van der Waals surface area contributed by atoms with E-state index in [2.05, 4.69) is 39.4 Å². The highest BCUT2D eigenvalue weighted by molar-refractivity contribution is 7.17. The van der Waals surface area contributed by atoms with E-state index in [0.717, 1.165) is 62.6 Å². The second-order valence-electron chi connectivity index (χ2n) is 10.0. The van der Waals surface area contributed by atoms with Crippen molar-refractivity contribution in [3.8, 4) is 5.75 Å². The maximum atomic E-state index is 12.5. The maximum absolute atomic E-state index is 12.5. The summed E-state index contributed by atoms with van der Waals surface area (Å²) in [5.41, 5.74) is 3.19. The van der Waals surface area contributed by atoms with Gasteiger partial charge in [0.1, 0.15) is 5.75 Å². The van der Waals surface area contributed by atoms with E-state index >= 15 is 0 Å². The van der Waals surface area contributed by atoms with Crippen molar-refractivity contribution in [2.75, 3.05) is 70.0 Å². The monoisotopic (exact) mass is 536 g/mol. The topological polar surface area (TPSA) is 65.6 Å². The van der Waals surface area contributed by atoms with Gasteiger partial charge in [0.05, 0.1) is 12.3 Å². The predicted molar refractivity (Wildman–Crippen MR) is 152 cm³/mol. The van der Waals surface area contributed by atoms with E-state index in [4.69, 9.17) is 9.47 Å². The number of carbonyl (C=O) groups is 2. The number of thiophene rings is 1. The molecule has 0 atom stereocenters. The van der Waals surface area contributed by atoms with Gasteiger partial charge < -0.3 is 19.3 Å². The number of carbonyl (C=O) groups excluding carboxylic acids is 2. The number of fused-ring (bicyclic) bond motifs is 2. The van der Waals surface area contributed by atoms with Crippen LogP contribution in [0.3, 0.4) is 0 Å². The Morgan fingerprint density at radius 1 is 1.00 bits per heavy atom. The van der Waals surface area contributed by atoms with Gasteiger partial charge in [0, 0.05) is 68.5 Å². The minimum absolute atomic E-state index is 0.0479. The van der Waals surface area contributed by atoms with Crippen LogP contribution in [0.25, 0.3) is 10.1 Å². The Labute approximate surface area is 228 Å². The quantitative estimate of drug-likeness (QED) is 0.366. The second-order valence-corrected chi connectivity index (χ2v) is 11.0. The fourth-order valence-electron chi connectivity index (χ4n) is 5.09. The van der Waals surface area contributed by atoms with Crippen LogP contribution in [0.2, 0.25) is 0 Å². The van der Waals surface area contributed by atoms with E-state index in [9.17, 15) is 9.59 Å². The summed E-state index contributed by atoms with van der Waals surface area (Å²) in [5.74, 6) is 0.687. The zero-order valence-electron chi connectivity index (χ0n) is 22.2. The number of ether oxygens (including phenoxy) is 2. The van der Waals surface area contributed by atoms with Crippen LogP contribution < -0.4 is 14.5 Å². The van der Waals surface area contributed by atoms with E-state index in [-0.39, 0.29) is 12.6 Å². The van der Waals surface area contributed by atoms with Crippen molar-refractivity contribution >= 4 is 44.8 Å². The Balaban J connectivity index is 1.06. The van der Waals surface area contributed by atoms with E-state index in [1.807, 2.05) is 18.2 Å². The minimum atomic E-state index is -0.474. The van der Waals surface area contributed by atoms with Gasteiger partial charge in [-0.15, -0.1) is 11.3 Å². The van der Waals surface area contributed by atoms with Gasteiger partial charge in [-0.05, 0) is 61.0 Å². The zero-order valence-corrected chi connectivity index (χ0v) is 23.0. The number of amides is 2. The molecule has 0 spiro atoms. The van der Waals surface area contributed by atoms with Crippen LogP contribution in [-0.4, -0.2) is 82.0 Å². The van der Waals surface area contributed by atoms with Crippen molar-refractivity contribution < 1.29 is 19.1 Å². The molecule has 0 N–H and O–H groups in total. The third-order valence-corrected chi connectivity index (χ3v) is 8.14. The number of nitrogens with zero attached hydrogens (tertiary/aromatic N) is 4. The molecule has 1 aromatic heterocycles. The first-order valence-electron chi connectivity index (χ1n) is 13.3. The summed E-state index contributed by atoms with van der Waals surface area (Å²) in [7, 11) is 3.24. The summed E-state index contributed by atoms with van der Waals surface area (Å²) in [6.07, 6.45) is 2.66. The molecule has 2 aromatic carbocycles. The summed E-state index contributed by atoms with van der Waals surface area (Å²) in [5, 5.41) is 3.54. The SMILES string of the molecule is CN(C)C(=O)OCN1C(=O)CCc2ccc(OCCCCN3CCN(c4cccc5sccc45)CC3)cc21. The normalized spacial score (nSPS) is 16.0. The van der Waals surface area contributed by atoms with E-state index in [1.165, 1.54) is 25.6 Å². The van der Waals surface area contributed by atoms with Crippen molar-refractivity contribution in [1.82, 2.24) is 9.80 Å². The number of hydrogen-bond donors (Lipinski definition) is 0. The third kappa shape index (κ3) is 6.05. The van der Waals surface area contributed by atoms with Crippen LogP contribution in [0.15, 0.2) is 47.8 Å². The van der Waals surface area contributed by atoms with Gasteiger partial charge in [-0.25, -0.2) is 4.79 Å². The molecule has 0 bridgehead atoms. The lowest BCUT2D eigenvalue weighted by Crippen LogP contribution is -2.46. The molecular weight excluding hydrogens is 500 g/mol. The van der Waals surface area contributed by atoms with Crippen molar-refractivity contribution in [2.45, 2.75) is 25.7 Å². The number of rotatable bonds is 9. The first kappa shape index (κ1) is 26.3. The van der Waals surface area contributed by atoms with Crippen LogP contribution in [0.4, 0.5) is 16.2 Å². The molecule has 0 aliphatic carbocycles. The highest BCUT2D eigenvalue weighted by Gasteiger charge is 2.26. The molecule has 1 fully saturated rings. The second kappa shape index (κ2) is 12.0. The average molecular weight is 537 g/mol. The number of benzene rings is 2. The molecular formula is C29H36N4O4S. The molecule has 2 aliphatic rings. The molecule has 5 rings (SSSR count). The Hall–Kier alpha value is -3.30. The van der Waals surface area contributed by atoms with Crippen LogP contribution in [-0.2, 0) is 16.0 Å². The molecule has 8 nitrogen and oxygen atoms in total. The van der Waals surface area contributed by atoms with Crippen molar-refractivity contribution in [3.63, 3.8) is 0 Å². The van der Waals surface area contributed by atoms with Crippen LogP contribution in [0.5, 0.6) is 5.75 Å². The largest absolute Gasteiger partial charge is 0.494 e. The highest BCUT2D eigenvalue weighted by atomic mass is 32.1. The lowest BCUT2D eigenvalue weighted by atomic mass is 10.0. The molecule has 3 aromatic rings. The Morgan fingerprint density at radius 3 is 2.66 bits per heavy atom. The van der Waals surface area contributed by atoms with Gasteiger partial charge in [-0.2, -0.15) is 0 Å². The Bertz CT molecular complexity index is 1270. The van der Waals surface area contributed by atoms with E-state index in [1.54, 1.807) is 25.4 Å². The maximum Gasteiger partial charge on any atom is 0.410 e. The number of aryl methyl sites for hydroxylation is 1. The molecule has 202 valence electrons. The van der Waals surface area contributed by atoms with Crippen molar-refractivity contribution in [1.29, 1.82) is 0 Å². The molecule has 38 heavy (non-hydrogen) atoms. The minimum Gasteiger partial charge on any atom is -0.494 e. The summed E-state index contributed by atoms with van der Waals surface area (Å²) >= 11 is 1.81. The number of hydrogen-bond acceptors (Lipinski definition) is 7. The Morgan fingerprint density at radius 2 is 1.84 bits per heavy atom. The van der Waals surface area contributed by atoms with Crippen molar-refractivity contribution in [3.05, 3.63) is 53.4 Å². The number of unbranched alkanes of at least 4 members (excludes halogenated alkanes) is 1. The first-order chi connectivity index (χ1) is 18.5. The van der Waals surface area contributed by atoms with Gasteiger partial charge in [-0.1, -0.05) is 12.1 Å². The van der Waals surface area contributed by atoms with Crippen LogP contribution >= 0.6 is 11.3 Å². The van der Waals surface area contributed by atoms with Crippen LogP contribution in [0.1, 0.15) is 24.8 Å². The summed E-state index contributed by atoms with van der Waals surface area (Å²) in [6.45, 7) is 5.87. The highest BCUT2D eigenvalue weighted by Crippen LogP contribution is 2.32. The zero-order chi connectivity index (χ0) is 26.5. The fourth-order valence-corrected chi connectivity index (χ4v) is 5.90. The summed E-state index contributed by atoms with van der Waals surface area (Å²) in [4.78, 5) is 32.3. The summed E-state index contributed by atoms with van der Waals surface area (Å²) < 4.78 is 12.7. The average Bonchev–Trinajstić information content (AvgIpc) is 3.42. The molecule has 0 unspecified atom stereocenters. The van der Waals surface area contributed by atoms with Gasteiger partial charge in [0.15, 0.2) is 6.73 Å². The predicted octanol–water partition coefficient (Wildman–Crippen LogP) is 4.82. The van der Waals surface area contributed by atoms with Gasteiger partial charge in [0.2, 0.25) is 5.91 Å². The van der Waals surface area contributed by atoms with E-state index < -0.39 is 6.09 Å². The molecule has 2 amide bonds. The molecule has 2 aliphatic heterocycles. The van der Waals surface area contributed by atoms with Crippen LogP contribution in [0, 0.1) is 0 Å². The van der Waals surface area contributed by atoms with Crippen molar-refractivity contribution in [2.24, 2.45) is 0 Å². The van der Waals surface area contributed by atoms with Gasteiger partial charge >= 0.3 is 6.09 Å². The lowest BCUT2D eigenvalue weighted by molar-refractivity contribution is -0.119. The number of anilines is 2. The molecule has 3 heterocycles.